The van der Waals surface area contributed by atoms with E-state index in [1.165, 1.54) is 6.07 Å². The molecule has 4 rings (SSSR count). The van der Waals surface area contributed by atoms with Crippen LogP contribution >= 0.6 is 11.3 Å². The van der Waals surface area contributed by atoms with E-state index in [1.54, 1.807) is 34.4 Å². The molecule has 0 N–H and O–H groups in total. The number of hydrogen-bond acceptors (Lipinski definition) is 3. The summed E-state index contributed by atoms with van der Waals surface area (Å²) in [7, 11) is 0. The first-order chi connectivity index (χ1) is 11.2. The van der Waals surface area contributed by atoms with Crippen LogP contribution in [0, 0.1) is 5.82 Å². The number of nitrogens with zero attached hydrogens (tertiary/aromatic N) is 2. The fourth-order valence-corrected chi connectivity index (χ4v) is 4.20. The van der Waals surface area contributed by atoms with E-state index in [1.807, 2.05) is 24.3 Å². The second-order valence-electron chi connectivity index (χ2n) is 5.66. The number of benzene rings is 2. The Bertz CT molecular complexity index is 843. The maximum Gasteiger partial charge on any atom is 0.257 e. The lowest BCUT2D eigenvalue weighted by Gasteiger charge is -2.23. The summed E-state index contributed by atoms with van der Waals surface area (Å²) in [6.45, 7) is 0.647. The summed E-state index contributed by atoms with van der Waals surface area (Å²) in [5.74, 6) is -0.711. The number of likely N-dealkylation sites (tertiary alicyclic amines) is 1. The number of carbonyl (C=O) groups is 1. The van der Waals surface area contributed by atoms with Crippen LogP contribution in [-0.2, 0) is 0 Å². The van der Waals surface area contributed by atoms with E-state index in [-0.39, 0.29) is 17.5 Å². The van der Waals surface area contributed by atoms with Gasteiger partial charge in [-0.1, -0.05) is 24.3 Å². The van der Waals surface area contributed by atoms with E-state index in [9.17, 15) is 9.18 Å². The van der Waals surface area contributed by atoms with Gasteiger partial charge in [-0.3, -0.25) is 4.79 Å². The molecular weight excluding hydrogens is 311 g/mol. The SMILES string of the molecule is O=C(c1ccccc1F)N1CCC[C@@H]1c1nc2ccccc2s1. The van der Waals surface area contributed by atoms with Gasteiger partial charge in [0.2, 0.25) is 0 Å². The minimum atomic E-state index is -0.465. The van der Waals surface area contributed by atoms with Crippen LogP contribution in [0.2, 0.25) is 0 Å². The standard InChI is InChI=1S/C18H15FN2OS/c19-13-7-2-1-6-12(13)18(22)21-11-5-9-15(21)17-20-14-8-3-4-10-16(14)23-17/h1-4,6-8,10,15H,5,9,11H2/t15-/m1/s1. The minimum Gasteiger partial charge on any atom is -0.329 e. The van der Waals surface area contributed by atoms with Crippen molar-refractivity contribution in [2.24, 2.45) is 0 Å². The van der Waals surface area contributed by atoms with Gasteiger partial charge in [0, 0.05) is 6.54 Å². The zero-order chi connectivity index (χ0) is 15.8. The van der Waals surface area contributed by atoms with Gasteiger partial charge in [-0.15, -0.1) is 11.3 Å². The molecule has 0 spiro atoms. The number of carbonyl (C=O) groups excluding carboxylic acids is 1. The number of thiazole rings is 1. The average Bonchev–Trinajstić information content (AvgIpc) is 3.21. The van der Waals surface area contributed by atoms with Gasteiger partial charge < -0.3 is 4.90 Å². The van der Waals surface area contributed by atoms with Crippen molar-refractivity contribution in [3.63, 3.8) is 0 Å². The lowest BCUT2D eigenvalue weighted by atomic mass is 10.1. The van der Waals surface area contributed by atoms with Gasteiger partial charge >= 0.3 is 0 Å². The molecular formula is C18H15FN2OS. The molecule has 1 amide bonds. The topological polar surface area (TPSA) is 33.2 Å². The molecule has 1 atom stereocenters. The van der Waals surface area contributed by atoms with Crippen molar-refractivity contribution in [2.45, 2.75) is 18.9 Å². The minimum absolute atomic E-state index is 0.0560. The lowest BCUT2D eigenvalue weighted by molar-refractivity contribution is 0.0731. The smallest absolute Gasteiger partial charge is 0.257 e. The number of hydrogen-bond donors (Lipinski definition) is 0. The summed E-state index contributed by atoms with van der Waals surface area (Å²) in [6, 6.07) is 14.1. The molecule has 3 nitrogen and oxygen atoms in total. The fraction of sp³-hybridized carbons (Fsp3) is 0.222. The first-order valence-electron chi connectivity index (χ1n) is 7.65. The van der Waals surface area contributed by atoms with Crippen molar-refractivity contribution in [3.05, 3.63) is 64.9 Å². The maximum atomic E-state index is 13.9. The lowest BCUT2D eigenvalue weighted by Crippen LogP contribution is -2.31. The highest BCUT2D eigenvalue weighted by Crippen LogP contribution is 2.37. The van der Waals surface area contributed by atoms with Gasteiger partial charge in [0.25, 0.3) is 5.91 Å². The van der Waals surface area contributed by atoms with Crippen LogP contribution in [0.1, 0.15) is 34.2 Å². The van der Waals surface area contributed by atoms with Gasteiger partial charge in [0.15, 0.2) is 0 Å². The Morgan fingerprint density at radius 3 is 2.78 bits per heavy atom. The van der Waals surface area contributed by atoms with E-state index in [4.69, 9.17) is 0 Å². The van der Waals surface area contributed by atoms with Crippen molar-refractivity contribution in [2.75, 3.05) is 6.54 Å². The molecule has 5 heteroatoms. The van der Waals surface area contributed by atoms with Crippen molar-refractivity contribution < 1.29 is 9.18 Å². The molecule has 23 heavy (non-hydrogen) atoms. The number of rotatable bonds is 2. The predicted molar refractivity (Wildman–Crippen MR) is 89.0 cm³/mol. The third kappa shape index (κ3) is 2.51. The van der Waals surface area contributed by atoms with Crippen LogP contribution in [0.5, 0.6) is 0 Å². The van der Waals surface area contributed by atoms with E-state index in [0.717, 1.165) is 28.1 Å². The molecule has 3 aromatic rings. The first-order valence-corrected chi connectivity index (χ1v) is 8.46. The zero-order valence-electron chi connectivity index (χ0n) is 12.4. The van der Waals surface area contributed by atoms with Crippen molar-refractivity contribution in [1.29, 1.82) is 0 Å². The molecule has 2 aromatic carbocycles. The number of para-hydroxylation sites is 1. The van der Waals surface area contributed by atoms with Crippen molar-refractivity contribution >= 4 is 27.5 Å². The maximum absolute atomic E-state index is 13.9. The number of fused-ring (bicyclic) bond motifs is 1. The molecule has 2 heterocycles. The molecule has 1 fully saturated rings. The van der Waals surface area contributed by atoms with Gasteiger partial charge in [0.05, 0.1) is 21.8 Å². The molecule has 1 aliphatic heterocycles. The normalized spacial score (nSPS) is 17.8. The summed E-state index contributed by atoms with van der Waals surface area (Å²) < 4.78 is 15.0. The summed E-state index contributed by atoms with van der Waals surface area (Å²) >= 11 is 1.62. The monoisotopic (exact) mass is 326 g/mol. The molecule has 0 aliphatic carbocycles. The Kier molecular flexibility index (Phi) is 3.58. The average molecular weight is 326 g/mol. The van der Waals surface area contributed by atoms with Gasteiger partial charge in [-0.25, -0.2) is 9.37 Å². The second kappa shape index (κ2) is 5.74. The third-order valence-electron chi connectivity index (χ3n) is 4.21. The highest BCUT2D eigenvalue weighted by atomic mass is 32.1. The Morgan fingerprint density at radius 2 is 1.96 bits per heavy atom. The van der Waals surface area contributed by atoms with Crippen LogP contribution in [0.4, 0.5) is 4.39 Å². The second-order valence-corrected chi connectivity index (χ2v) is 6.72. The molecule has 116 valence electrons. The molecule has 0 bridgehead atoms. The Hall–Kier alpha value is -2.27. The highest BCUT2D eigenvalue weighted by Gasteiger charge is 2.33. The van der Waals surface area contributed by atoms with Crippen LogP contribution in [0.3, 0.4) is 0 Å². The first kappa shape index (κ1) is 14.3. The summed E-state index contributed by atoms with van der Waals surface area (Å²) in [6.07, 6.45) is 1.79. The summed E-state index contributed by atoms with van der Waals surface area (Å²) in [5.41, 5.74) is 1.10. The zero-order valence-corrected chi connectivity index (χ0v) is 13.2. The third-order valence-corrected chi connectivity index (χ3v) is 5.35. The van der Waals surface area contributed by atoms with E-state index in [2.05, 4.69) is 4.98 Å². The van der Waals surface area contributed by atoms with E-state index >= 15 is 0 Å². The van der Waals surface area contributed by atoms with Crippen LogP contribution in [0.25, 0.3) is 10.2 Å². The molecule has 0 unspecified atom stereocenters. The largest absolute Gasteiger partial charge is 0.329 e. The Balaban J connectivity index is 1.69. The predicted octanol–water partition coefficient (Wildman–Crippen LogP) is 4.41. The Morgan fingerprint density at radius 1 is 1.17 bits per heavy atom. The highest BCUT2D eigenvalue weighted by molar-refractivity contribution is 7.18. The Labute approximate surface area is 137 Å². The van der Waals surface area contributed by atoms with Crippen LogP contribution in [0.15, 0.2) is 48.5 Å². The molecule has 1 aliphatic rings. The van der Waals surface area contributed by atoms with Gasteiger partial charge in [-0.05, 0) is 37.1 Å². The fourth-order valence-electron chi connectivity index (χ4n) is 3.09. The molecule has 1 saturated heterocycles. The molecule has 0 saturated carbocycles. The van der Waals surface area contributed by atoms with Crippen LogP contribution in [-0.4, -0.2) is 22.3 Å². The van der Waals surface area contributed by atoms with Gasteiger partial charge in [0.1, 0.15) is 10.8 Å². The molecule has 0 radical (unpaired) electrons. The quantitative estimate of drug-likeness (QED) is 0.699. The van der Waals surface area contributed by atoms with Crippen molar-refractivity contribution in [3.8, 4) is 0 Å². The number of halogens is 1. The van der Waals surface area contributed by atoms with E-state index < -0.39 is 5.82 Å². The van der Waals surface area contributed by atoms with Crippen molar-refractivity contribution in [1.82, 2.24) is 9.88 Å². The number of amides is 1. The molecule has 1 aromatic heterocycles. The summed E-state index contributed by atoms with van der Waals surface area (Å²) in [4.78, 5) is 19.2. The van der Waals surface area contributed by atoms with Gasteiger partial charge in [-0.2, -0.15) is 0 Å². The number of aromatic nitrogens is 1. The van der Waals surface area contributed by atoms with Crippen LogP contribution < -0.4 is 0 Å². The van der Waals surface area contributed by atoms with E-state index in [0.29, 0.717) is 6.54 Å². The summed E-state index contributed by atoms with van der Waals surface area (Å²) in [5, 5.41) is 0.938.